The van der Waals surface area contributed by atoms with Crippen LogP contribution in [0, 0.1) is 0 Å². The molecule has 1 saturated heterocycles. The lowest BCUT2D eigenvalue weighted by atomic mass is 10.2. The minimum Gasteiger partial charge on any atom is -0.394 e. The molecule has 2 atom stereocenters. The first kappa shape index (κ1) is 12.5. The number of hydrogen-bond acceptors (Lipinski definition) is 4. The van der Waals surface area contributed by atoms with Crippen LogP contribution in [0.3, 0.4) is 0 Å². The Labute approximate surface area is 94.0 Å². The lowest BCUT2D eigenvalue weighted by Gasteiger charge is -2.25. The Kier molecular flexibility index (Phi) is 4.60. The van der Waals surface area contributed by atoms with Gasteiger partial charge in [-0.2, -0.15) is 0 Å². The van der Waals surface area contributed by atoms with Crippen molar-refractivity contribution in [3.63, 3.8) is 0 Å². The summed E-state index contributed by atoms with van der Waals surface area (Å²) in [6, 6.07) is -0.0879. The van der Waals surface area contributed by atoms with Gasteiger partial charge in [-0.15, -0.1) is 0 Å². The molecule has 0 aromatic rings. The third kappa shape index (κ3) is 3.21. The zero-order valence-electron chi connectivity index (χ0n) is 9.10. The first-order valence-electron chi connectivity index (χ1n) is 5.16. The van der Waals surface area contributed by atoms with E-state index in [-0.39, 0.29) is 28.9 Å². The molecule has 1 aliphatic rings. The van der Waals surface area contributed by atoms with Crippen molar-refractivity contribution in [2.24, 2.45) is 0 Å². The standard InChI is InChI=1S/C10H17NO3S/c1-3-8(6-12)11-5-9(4-10(11)14)15-7(2)13/h8-9,12H,3-6H2,1-2H3. The zero-order valence-corrected chi connectivity index (χ0v) is 9.92. The van der Waals surface area contributed by atoms with E-state index in [0.29, 0.717) is 13.0 Å². The highest BCUT2D eigenvalue weighted by atomic mass is 32.2. The molecular formula is C10H17NO3S. The van der Waals surface area contributed by atoms with Crippen LogP contribution >= 0.6 is 11.8 Å². The third-order valence-corrected chi connectivity index (χ3v) is 3.56. The van der Waals surface area contributed by atoms with Gasteiger partial charge in [-0.25, -0.2) is 0 Å². The summed E-state index contributed by atoms with van der Waals surface area (Å²) in [5, 5.41) is 9.22. The Morgan fingerprint density at radius 2 is 2.40 bits per heavy atom. The molecule has 86 valence electrons. The van der Waals surface area contributed by atoms with E-state index in [1.807, 2.05) is 6.92 Å². The van der Waals surface area contributed by atoms with E-state index in [1.54, 1.807) is 4.90 Å². The lowest BCUT2D eigenvalue weighted by Crippen LogP contribution is -2.38. The van der Waals surface area contributed by atoms with Gasteiger partial charge in [0.2, 0.25) is 5.91 Å². The molecule has 0 bridgehead atoms. The maximum atomic E-state index is 11.6. The summed E-state index contributed by atoms with van der Waals surface area (Å²) >= 11 is 1.22. The highest BCUT2D eigenvalue weighted by molar-refractivity contribution is 8.14. The van der Waals surface area contributed by atoms with Crippen LogP contribution in [0.15, 0.2) is 0 Å². The van der Waals surface area contributed by atoms with Crippen molar-refractivity contribution in [2.75, 3.05) is 13.2 Å². The molecule has 5 heteroatoms. The molecular weight excluding hydrogens is 214 g/mol. The number of nitrogens with zero attached hydrogens (tertiary/aromatic N) is 1. The number of rotatable bonds is 4. The van der Waals surface area contributed by atoms with Crippen molar-refractivity contribution in [2.45, 2.75) is 38.0 Å². The van der Waals surface area contributed by atoms with Crippen LogP contribution in [-0.2, 0) is 9.59 Å². The summed E-state index contributed by atoms with van der Waals surface area (Å²) in [6.07, 6.45) is 1.17. The van der Waals surface area contributed by atoms with E-state index in [1.165, 1.54) is 18.7 Å². The average Bonchev–Trinajstić information content (AvgIpc) is 2.48. The molecule has 0 radical (unpaired) electrons. The molecule has 1 heterocycles. The summed E-state index contributed by atoms with van der Waals surface area (Å²) in [5.74, 6) is 0.0506. The summed E-state index contributed by atoms with van der Waals surface area (Å²) in [6.45, 7) is 4.04. The molecule has 15 heavy (non-hydrogen) atoms. The second kappa shape index (κ2) is 5.51. The van der Waals surface area contributed by atoms with Gasteiger partial charge in [0.05, 0.1) is 12.6 Å². The minimum absolute atomic E-state index is 0.000300. The minimum atomic E-state index is -0.0879. The van der Waals surface area contributed by atoms with E-state index in [4.69, 9.17) is 5.11 Å². The van der Waals surface area contributed by atoms with Gasteiger partial charge in [0.25, 0.3) is 0 Å². The Morgan fingerprint density at radius 1 is 1.73 bits per heavy atom. The van der Waals surface area contributed by atoms with Gasteiger partial charge in [0.1, 0.15) is 0 Å². The Morgan fingerprint density at radius 3 is 2.87 bits per heavy atom. The molecule has 0 aromatic carbocycles. The van der Waals surface area contributed by atoms with Crippen molar-refractivity contribution in [1.82, 2.24) is 4.90 Å². The molecule has 1 amide bonds. The van der Waals surface area contributed by atoms with E-state index >= 15 is 0 Å². The monoisotopic (exact) mass is 231 g/mol. The quantitative estimate of drug-likeness (QED) is 0.771. The Hall–Kier alpha value is -0.550. The molecule has 0 aromatic heterocycles. The van der Waals surface area contributed by atoms with Crippen LogP contribution < -0.4 is 0 Å². The van der Waals surface area contributed by atoms with Crippen molar-refractivity contribution in [3.05, 3.63) is 0 Å². The van der Waals surface area contributed by atoms with Gasteiger partial charge in [-0.3, -0.25) is 9.59 Å². The van der Waals surface area contributed by atoms with Gasteiger partial charge in [0.15, 0.2) is 5.12 Å². The number of thioether (sulfide) groups is 1. The predicted octanol–water partition coefficient (Wildman–Crippen LogP) is 0.638. The molecule has 0 spiro atoms. The molecule has 1 N–H and O–H groups in total. The number of aliphatic hydroxyl groups is 1. The van der Waals surface area contributed by atoms with Crippen LogP contribution in [0.4, 0.5) is 0 Å². The van der Waals surface area contributed by atoms with E-state index < -0.39 is 0 Å². The van der Waals surface area contributed by atoms with Gasteiger partial charge in [0, 0.05) is 25.1 Å². The number of likely N-dealkylation sites (tertiary alicyclic amines) is 1. The van der Waals surface area contributed by atoms with Gasteiger partial charge in [-0.05, 0) is 6.42 Å². The number of carbonyl (C=O) groups is 2. The van der Waals surface area contributed by atoms with Gasteiger partial charge >= 0.3 is 0 Å². The van der Waals surface area contributed by atoms with Crippen molar-refractivity contribution in [1.29, 1.82) is 0 Å². The summed E-state index contributed by atoms with van der Waals surface area (Å²) in [5.41, 5.74) is 0. The van der Waals surface area contributed by atoms with Crippen LogP contribution in [0.5, 0.6) is 0 Å². The average molecular weight is 231 g/mol. The fourth-order valence-corrected chi connectivity index (χ4v) is 2.74. The molecule has 0 saturated carbocycles. The lowest BCUT2D eigenvalue weighted by molar-refractivity contribution is -0.130. The van der Waals surface area contributed by atoms with Crippen molar-refractivity contribution >= 4 is 22.8 Å². The number of hydrogen-bond donors (Lipinski definition) is 1. The van der Waals surface area contributed by atoms with E-state index in [9.17, 15) is 9.59 Å². The van der Waals surface area contributed by atoms with Crippen LogP contribution in [-0.4, -0.2) is 45.5 Å². The van der Waals surface area contributed by atoms with Gasteiger partial charge < -0.3 is 10.0 Å². The molecule has 1 rings (SSSR count). The summed E-state index contributed by atoms with van der Waals surface area (Å²) in [4.78, 5) is 24.2. The number of carbonyl (C=O) groups excluding carboxylic acids is 2. The molecule has 0 aliphatic carbocycles. The number of amides is 1. The fourth-order valence-electron chi connectivity index (χ4n) is 1.81. The highest BCUT2D eigenvalue weighted by Gasteiger charge is 2.34. The van der Waals surface area contributed by atoms with E-state index in [0.717, 1.165) is 6.42 Å². The third-order valence-electron chi connectivity index (χ3n) is 2.58. The van der Waals surface area contributed by atoms with Crippen molar-refractivity contribution < 1.29 is 14.7 Å². The Bertz CT molecular complexity index is 253. The summed E-state index contributed by atoms with van der Waals surface area (Å²) in [7, 11) is 0. The largest absolute Gasteiger partial charge is 0.394 e. The number of aliphatic hydroxyl groups excluding tert-OH is 1. The predicted molar refractivity (Wildman–Crippen MR) is 59.6 cm³/mol. The first-order chi connectivity index (χ1) is 7.08. The molecule has 2 unspecified atom stereocenters. The SMILES string of the molecule is CCC(CO)N1CC(SC(C)=O)CC1=O. The first-order valence-corrected chi connectivity index (χ1v) is 6.04. The van der Waals surface area contributed by atoms with Crippen molar-refractivity contribution in [3.8, 4) is 0 Å². The summed E-state index contributed by atoms with van der Waals surface area (Å²) < 4.78 is 0. The highest BCUT2D eigenvalue weighted by Crippen LogP contribution is 2.26. The van der Waals surface area contributed by atoms with Crippen LogP contribution in [0.2, 0.25) is 0 Å². The smallest absolute Gasteiger partial charge is 0.224 e. The van der Waals surface area contributed by atoms with Gasteiger partial charge in [-0.1, -0.05) is 18.7 Å². The molecule has 1 aliphatic heterocycles. The molecule has 1 fully saturated rings. The zero-order chi connectivity index (χ0) is 11.4. The maximum absolute atomic E-state index is 11.6. The maximum Gasteiger partial charge on any atom is 0.224 e. The fraction of sp³-hybridized carbons (Fsp3) is 0.800. The second-order valence-electron chi connectivity index (χ2n) is 3.73. The van der Waals surface area contributed by atoms with E-state index in [2.05, 4.69) is 0 Å². The Balaban J connectivity index is 2.55. The normalized spacial score (nSPS) is 23.3. The topological polar surface area (TPSA) is 57.6 Å². The second-order valence-corrected chi connectivity index (χ2v) is 5.20. The van der Waals surface area contributed by atoms with Crippen LogP contribution in [0.25, 0.3) is 0 Å². The van der Waals surface area contributed by atoms with Crippen LogP contribution in [0.1, 0.15) is 26.7 Å². The molecule has 4 nitrogen and oxygen atoms in total.